The first-order valence-electron chi connectivity index (χ1n) is 5.83. The predicted octanol–water partition coefficient (Wildman–Crippen LogP) is 1.26. The van der Waals surface area contributed by atoms with Crippen molar-refractivity contribution in [2.75, 3.05) is 18.8 Å². The van der Waals surface area contributed by atoms with Crippen LogP contribution in [0.5, 0.6) is 0 Å². The molecule has 2 rings (SSSR count). The first-order chi connectivity index (χ1) is 8.66. The Balaban J connectivity index is 1.91. The molecule has 0 aliphatic carbocycles. The number of nitrogens with zero attached hydrogens (tertiary/aromatic N) is 1. The normalized spacial score (nSPS) is 19.9. The second kappa shape index (κ2) is 5.91. The van der Waals surface area contributed by atoms with Crippen LogP contribution in [0.2, 0.25) is 0 Å². The van der Waals surface area contributed by atoms with Crippen molar-refractivity contribution in [2.24, 2.45) is 0 Å². The molecule has 0 saturated carbocycles. The Morgan fingerprint density at radius 1 is 1.39 bits per heavy atom. The molecular formula is C13H15NO3S. The Bertz CT molecular complexity index is 435. The van der Waals surface area contributed by atoms with Crippen LogP contribution in [-0.2, 0) is 16.0 Å². The van der Waals surface area contributed by atoms with Gasteiger partial charge in [0.1, 0.15) is 5.25 Å². The van der Waals surface area contributed by atoms with Crippen LogP contribution in [0, 0.1) is 0 Å². The van der Waals surface area contributed by atoms with Crippen molar-refractivity contribution in [3.63, 3.8) is 0 Å². The number of aliphatic carboxylic acids is 1. The number of carboxylic acids is 1. The van der Waals surface area contributed by atoms with E-state index in [1.807, 2.05) is 30.3 Å². The Morgan fingerprint density at radius 2 is 2.11 bits per heavy atom. The van der Waals surface area contributed by atoms with Gasteiger partial charge in [0.05, 0.1) is 5.75 Å². The van der Waals surface area contributed by atoms with E-state index < -0.39 is 11.2 Å². The zero-order chi connectivity index (χ0) is 13.0. The van der Waals surface area contributed by atoms with E-state index in [9.17, 15) is 9.59 Å². The first-order valence-corrected chi connectivity index (χ1v) is 6.88. The summed E-state index contributed by atoms with van der Waals surface area (Å²) in [5.41, 5.74) is 1.16. The molecule has 1 heterocycles. The van der Waals surface area contributed by atoms with Gasteiger partial charge in [0.15, 0.2) is 0 Å². The molecule has 1 amide bonds. The lowest BCUT2D eigenvalue weighted by atomic mass is 10.1. The molecule has 96 valence electrons. The van der Waals surface area contributed by atoms with Crippen molar-refractivity contribution in [3.8, 4) is 0 Å². The summed E-state index contributed by atoms with van der Waals surface area (Å²) in [6, 6.07) is 9.90. The van der Waals surface area contributed by atoms with Crippen LogP contribution in [0.25, 0.3) is 0 Å². The third-order valence-corrected chi connectivity index (χ3v) is 4.10. The Morgan fingerprint density at radius 3 is 2.78 bits per heavy atom. The van der Waals surface area contributed by atoms with Gasteiger partial charge in [0.2, 0.25) is 5.91 Å². The SMILES string of the molecule is O=C(O)C1CN(CCc2ccccc2)C(=O)CS1. The van der Waals surface area contributed by atoms with Crippen molar-refractivity contribution < 1.29 is 14.7 Å². The van der Waals surface area contributed by atoms with Crippen molar-refractivity contribution >= 4 is 23.6 Å². The lowest BCUT2D eigenvalue weighted by molar-refractivity contribution is -0.138. The predicted molar refractivity (Wildman–Crippen MR) is 70.6 cm³/mol. The summed E-state index contributed by atoms with van der Waals surface area (Å²) in [6.07, 6.45) is 0.767. The summed E-state index contributed by atoms with van der Waals surface area (Å²) >= 11 is 1.21. The van der Waals surface area contributed by atoms with E-state index in [0.717, 1.165) is 12.0 Å². The van der Waals surface area contributed by atoms with E-state index >= 15 is 0 Å². The van der Waals surface area contributed by atoms with E-state index in [1.54, 1.807) is 4.90 Å². The molecule has 0 aromatic heterocycles. The number of carbonyl (C=O) groups excluding carboxylic acids is 1. The highest BCUT2D eigenvalue weighted by Crippen LogP contribution is 2.20. The van der Waals surface area contributed by atoms with E-state index in [1.165, 1.54) is 11.8 Å². The fraction of sp³-hybridized carbons (Fsp3) is 0.385. The first kappa shape index (κ1) is 13.0. The largest absolute Gasteiger partial charge is 0.480 e. The number of amides is 1. The summed E-state index contributed by atoms with van der Waals surface area (Å²) < 4.78 is 0. The number of rotatable bonds is 4. The molecular weight excluding hydrogens is 250 g/mol. The van der Waals surface area contributed by atoms with Gasteiger partial charge in [-0.15, -0.1) is 11.8 Å². The van der Waals surface area contributed by atoms with Gasteiger partial charge in [0, 0.05) is 13.1 Å². The highest BCUT2D eigenvalue weighted by molar-refractivity contribution is 8.01. The lowest BCUT2D eigenvalue weighted by Gasteiger charge is -2.30. The van der Waals surface area contributed by atoms with Crippen LogP contribution in [0.1, 0.15) is 5.56 Å². The molecule has 4 nitrogen and oxygen atoms in total. The molecule has 1 aliphatic rings. The Kier molecular flexibility index (Phi) is 4.25. The number of thioether (sulfide) groups is 1. The summed E-state index contributed by atoms with van der Waals surface area (Å²) in [5, 5.41) is 8.48. The molecule has 1 aromatic rings. The zero-order valence-corrected chi connectivity index (χ0v) is 10.7. The lowest BCUT2D eigenvalue weighted by Crippen LogP contribution is -2.45. The average Bonchev–Trinajstić information content (AvgIpc) is 2.38. The number of hydrogen-bond donors (Lipinski definition) is 1. The number of carbonyl (C=O) groups is 2. The maximum atomic E-state index is 11.7. The standard InChI is InChI=1S/C13H15NO3S/c15-12-9-18-11(13(16)17)8-14(12)7-6-10-4-2-1-3-5-10/h1-5,11H,6-9H2,(H,16,17). The Labute approximate surface area is 110 Å². The van der Waals surface area contributed by atoms with Gasteiger partial charge in [-0.2, -0.15) is 0 Å². The van der Waals surface area contributed by atoms with Gasteiger partial charge >= 0.3 is 5.97 Å². The number of hydrogen-bond acceptors (Lipinski definition) is 3. The van der Waals surface area contributed by atoms with Gasteiger partial charge in [-0.25, -0.2) is 0 Å². The summed E-state index contributed by atoms with van der Waals surface area (Å²) in [5.74, 6) is -0.531. The highest BCUT2D eigenvalue weighted by Gasteiger charge is 2.30. The molecule has 1 unspecified atom stereocenters. The average molecular weight is 265 g/mol. The molecule has 0 bridgehead atoms. The van der Waals surface area contributed by atoms with Gasteiger partial charge in [-0.3, -0.25) is 9.59 Å². The molecule has 1 atom stereocenters. The molecule has 1 aliphatic heterocycles. The van der Waals surface area contributed by atoms with Crippen LogP contribution in [0.4, 0.5) is 0 Å². The molecule has 1 fully saturated rings. The van der Waals surface area contributed by atoms with E-state index in [4.69, 9.17) is 5.11 Å². The monoisotopic (exact) mass is 265 g/mol. The molecule has 0 radical (unpaired) electrons. The third-order valence-electron chi connectivity index (χ3n) is 2.94. The van der Waals surface area contributed by atoms with Gasteiger partial charge in [-0.1, -0.05) is 30.3 Å². The van der Waals surface area contributed by atoms with E-state index in [2.05, 4.69) is 0 Å². The molecule has 0 spiro atoms. The summed E-state index contributed by atoms with van der Waals surface area (Å²) in [4.78, 5) is 24.3. The molecule has 18 heavy (non-hydrogen) atoms. The van der Waals surface area contributed by atoms with Crippen molar-refractivity contribution in [1.29, 1.82) is 0 Å². The number of carboxylic acid groups (broad SMARTS) is 1. The van der Waals surface area contributed by atoms with E-state index in [0.29, 0.717) is 13.1 Å². The maximum absolute atomic E-state index is 11.7. The van der Waals surface area contributed by atoms with Gasteiger partial charge in [0.25, 0.3) is 0 Å². The Hall–Kier alpha value is -1.49. The quantitative estimate of drug-likeness (QED) is 0.890. The molecule has 1 N–H and O–H groups in total. The minimum atomic E-state index is -0.836. The van der Waals surface area contributed by atoms with Crippen LogP contribution in [-0.4, -0.2) is 46.0 Å². The smallest absolute Gasteiger partial charge is 0.318 e. The van der Waals surface area contributed by atoms with E-state index in [-0.39, 0.29) is 11.7 Å². The van der Waals surface area contributed by atoms with Gasteiger partial charge < -0.3 is 10.0 Å². The maximum Gasteiger partial charge on any atom is 0.318 e. The van der Waals surface area contributed by atoms with Crippen LogP contribution < -0.4 is 0 Å². The van der Waals surface area contributed by atoms with Crippen molar-refractivity contribution in [1.82, 2.24) is 4.90 Å². The minimum absolute atomic E-state index is 0.0356. The summed E-state index contributed by atoms with van der Waals surface area (Å²) in [7, 11) is 0. The topological polar surface area (TPSA) is 57.6 Å². The van der Waals surface area contributed by atoms with Gasteiger partial charge in [-0.05, 0) is 12.0 Å². The molecule has 1 saturated heterocycles. The second-order valence-electron chi connectivity index (χ2n) is 4.21. The van der Waals surface area contributed by atoms with Crippen LogP contribution >= 0.6 is 11.8 Å². The highest BCUT2D eigenvalue weighted by atomic mass is 32.2. The van der Waals surface area contributed by atoms with Crippen LogP contribution in [0.3, 0.4) is 0 Å². The third kappa shape index (κ3) is 3.26. The fourth-order valence-electron chi connectivity index (χ4n) is 1.89. The minimum Gasteiger partial charge on any atom is -0.480 e. The molecule has 5 heteroatoms. The zero-order valence-electron chi connectivity index (χ0n) is 9.91. The van der Waals surface area contributed by atoms with Crippen LogP contribution in [0.15, 0.2) is 30.3 Å². The second-order valence-corrected chi connectivity index (χ2v) is 5.40. The molecule has 1 aromatic carbocycles. The van der Waals surface area contributed by atoms with Crippen molar-refractivity contribution in [2.45, 2.75) is 11.7 Å². The van der Waals surface area contributed by atoms with Crippen molar-refractivity contribution in [3.05, 3.63) is 35.9 Å². The summed E-state index contributed by atoms with van der Waals surface area (Å²) in [6.45, 7) is 0.902. The fourth-order valence-corrected chi connectivity index (χ4v) is 2.85. The number of benzene rings is 1.